The minimum Gasteiger partial charge on any atom is -0.268 e. The number of rotatable bonds is 7. The summed E-state index contributed by atoms with van der Waals surface area (Å²) in [6.07, 6.45) is 0. The van der Waals surface area contributed by atoms with Crippen molar-refractivity contribution in [2.75, 3.05) is 0 Å². The molecule has 0 saturated heterocycles. The van der Waals surface area contributed by atoms with E-state index in [0.29, 0.717) is 38.7 Å². The lowest BCUT2D eigenvalue weighted by atomic mass is 10.0. The summed E-state index contributed by atoms with van der Waals surface area (Å²) in [5.41, 5.74) is 3.04. The van der Waals surface area contributed by atoms with E-state index in [0.717, 1.165) is 9.75 Å². The summed E-state index contributed by atoms with van der Waals surface area (Å²) in [7, 11) is 0. The van der Waals surface area contributed by atoms with Crippen LogP contribution < -0.4 is 11.1 Å². The van der Waals surface area contributed by atoms with E-state index in [2.05, 4.69) is 10.2 Å². The van der Waals surface area contributed by atoms with Gasteiger partial charge in [-0.15, -0.1) is 22.7 Å². The number of hydrogen-bond donors (Lipinski definition) is 0. The highest BCUT2D eigenvalue weighted by Crippen LogP contribution is 2.28. The smallest absolute Gasteiger partial charge is 0.268 e. The van der Waals surface area contributed by atoms with E-state index in [-0.39, 0.29) is 30.0 Å². The molecule has 40 heavy (non-hydrogen) atoms. The van der Waals surface area contributed by atoms with Gasteiger partial charge in [-0.25, -0.2) is 13.8 Å². The summed E-state index contributed by atoms with van der Waals surface area (Å²) < 4.78 is 16.6. The Labute approximate surface area is 241 Å². The second-order valence-electron chi connectivity index (χ2n) is 9.05. The minimum absolute atomic E-state index is 0.102. The maximum absolute atomic E-state index is 13.9. The van der Waals surface area contributed by atoms with E-state index >= 15 is 0 Å². The second-order valence-corrected chi connectivity index (χ2v) is 11.4. The molecule has 6 rings (SSSR count). The number of hydrogen-bond acceptors (Lipinski definition) is 6. The molecule has 10 heteroatoms. The van der Waals surface area contributed by atoms with Crippen molar-refractivity contribution >= 4 is 34.3 Å². The van der Waals surface area contributed by atoms with Gasteiger partial charge in [0.25, 0.3) is 11.1 Å². The van der Waals surface area contributed by atoms with Crippen LogP contribution in [0.4, 0.5) is 4.39 Å². The number of halogens is 2. The number of benzene rings is 2. The highest BCUT2D eigenvalue weighted by atomic mass is 35.5. The molecule has 0 aliphatic carbocycles. The summed E-state index contributed by atoms with van der Waals surface area (Å²) in [6, 6.07) is 24.1. The van der Waals surface area contributed by atoms with Gasteiger partial charge in [-0.3, -0.25) is 9.59 Å². The summed E-state index contributed by atoms with van der Waals surface area (Å²) in [5.74, 6) is -0.383. The molecular weight excluding hydrogens is 567 g/mol. The van der Waals surface area contributed by atoms with Gasteiger partial charge in [0.1, 0.15) is 17.2 Å². The predicted octanol–water partition coefficient (Wildman–Crippen LogP) is 6.81. The quantitative estimate of drug-likeness (QED) is 0.206. The zero-order chi connectivity index (χ0) is 27.6. The van der Waals surface area contributed by atoms with Crippen molar-refractivity contribution in [2.24, 2.45) is 0 Å². The third-order valence-corrected chi connectivity index (χ3v) is 8.21. The lowest BCUT2D eigenvalue weighted by Crippen LogP contribution is -2.25. The normalized spacial score (nSPS) is 11.2. The van der Waals surface area contributed by atoms with E-state index in [1.54, 1.807) is 47.7 Å². The highest BCUT2D eigenvalue weighted by Gasteiger charge is 2.15. The van der Waals surface area contributed by atoms with Crippen LogP contribution in [-0.2, 0) is 13.1 Å². The monoisotopic (exact) mass is 586 g/mol. The van der Waals surface area contributed by atoms with Gasteiger partial charge < -0.3 is 0 Å². The molecule has 0 radical (unpaired) electrons. The molecule has 0 amide bonds. The van der Waals surface area contributed by atoms with Gasteiger partial charge in [0.15, 0.2) is 0 Å². The number of nitrogens with zero attached hydrogens (tertiary/aromatic N) is 4. The average molecular weight is 587 g/mol. The molecule has 0 aliphatic rings. The minimum atomic E-state index is -0.383. The summed E-state index contributed by atoms with van der Waals surface area (Å²) in [4.78, 5) is 28.2. The van der Waals surface area contributed by atoms with E-state index in [9.17, 15) is 14.0 Å². The van der Waals surface area contributed by atoms with Gasteiger partial charge in [0.05, 0.1) is 28.4 Å². The Hall–Kier alpha value is -4.18. The lowest BCUT2D eigenvalue weighted by Gasteiger charge is -2.13. The topological polar surface area (TPSA) is 69.8 Å². The molecule has 6 aromatic rings. The molecule has 2 aromatic carbocycles. The third kappa shape index (κ3) is 5.58. The third-order valence-electron chi connectivity index (χ3n) is 6.21. The molecule has 0 atom stereocenters. The molecule has 4 aromatic heterocycles. The molecule has 0 spiro atoms. The van der Waals surface area contributed by atoms with Crippen molar-refractivity contribution in [1.82, 2.24) is 19.6 Å². The second kappa shape index (κ2) is 11.1. The standard InChI is InChI=1S/C30H20ClFN4O2S2/c31-22-13-20(18-35-29(37)9-8-25(33-35)27-6-2-10-39-27)12-21(15-22)24-16-26(28-7-3-11-40-28)34-36(30(24)38)17-19-4-1-5-23(32)14-19/h1-16H,17-18H2. The molecular formula is C30H20ClFN4O2S2. The van der Waals surface area contributed by atoms with Gasteiger partial charge >= 0.3 is 0 Å². The first-order valence-electron chi connectivity index (χ1n) is 12.3. The zero-order valence-corrected chi connectivity index (χ0v) is 23.2. The summed E-state index contributed by atoms with van der Waals surface area (Å²) in [6.45, 7) is 0.275. The van der Waals surface area contributed by atoms with Gasteiger partial charge in [-0.2, -0.15) is 10.2 Å². The van der Waals surface area contributed by atoms with Crippen molar-refractivity contribution in [3.63, 3.8) is 0 Å². The van der Waals surface area contributed by atoms with Crippen LogP contribution in [0.2, 0.25) is 5.02 Å². The fourth-order valence-electron chi connectivity index (χ4n) is 4.40. The fraction of sp³-hybridized carbons (Fsp3) is 0.0667. The summed E-state index contributed by atoms with van der Waals surface area (Å²) in [5, 5.41) is 13.4. The largest absolute Gasteiger partial charge is 0.274 e. The van der Waals surface area contributed by atoms with Gasteiger partial charge in [0.2, 0.25) is 0 Å². The van der Waals surface area contributed by atoms with E-state index in [4.69, 9.17) is 11.6 Å². The number of thiophene rings is 2. The highest BCUT2D eigenvalue weighted by molar-refractivity contribution is 7.13. The fourth-order valence-corrected chi connectivity index (χ4v) is 6.03. The van der Waals surface area contributed by atoms with Crippen LogP contribution >= 0.6 is 34.3 Å². The summed E-state index contributed by atoms with van der Waals surface area (Å²) >= 11 is 9.57. The average Bonchev–Trinajstić information content (AvgIpc) is 3.66. The van der Waals surface area contributed by atoms with Crippen molar-refractivity contribution in [3.8, 4) is 32.3 Å². The molecule has 0 aliphatic heterocycles. The van der Waals surface area contributed by atoms with E-state index < -0.39 is 0 Å². The van der Waals surface area contributed by atoms with Crippen molar-refractivity contribution < 1.29 is 4.39 Å². The molecule has 0 fully saturated rings. The Morgan fingerprint density at radius 1 is 0.725 bits per heavy atom. The van der Waals surface area contributed by atoms with E-state index in [1.165, 1.54) is 38.9 Å². The van der Waals surface area contributed by atoms with Crippen LogP contribution in [0.3, 0.4) is 0 Å². The van der Waals surface area contributed by atoms with Crippen LogP contribution in [0.5, 0.6) is 0 Å². The predicted molar refractivity (Wildman–Crippen MR) is 159 cm³/mol. The molecule has 198 valence electrons. The molecule has 0 saturated carbocycles. The van der Waals surface area contributed by atoms with E-state index in [1.807, 2.05) is 41.1 Å². The first-order chi connectivity index (χ1) is 19.4. The first kappa shape index (κ1) is 26.1. The Balaban J connectivity index is 1.43. The molecule has 4 heterocycles. The first-order valence-corrected chi connectivity index (χ1v) is 14.4. The lowest BCUT2D eigenvalue weighted by molar-refractivity contribution is 0.612. The van der Waals surface area contributed by atoms with Crippen molar-refractivity contribution in [2.45, 2.75) is 13.1 Å². The SMILES string of the molecule is O=c1ccc(-c2cccs2)nn1Cc1cc(Cl)cc(-c2cc(-c3cccs3)nn(Cc3cccc(F)c3)c2=O)c1. The Morgan fingerprint density at radius 2 is 1.45 bits per heavy atom. The Kier molecular flexibility index (Phi) is 7.25. The molecule has 0 unspecified atom stereocenters. The van der Waals surface area contributed by atoms with Crippen LogP contribution in [-0.4, -0.2) is 19.6 Å². The van der Waals surface area contributed by atoms with Crippen molar-refractivity contribution in [1.29, 1.82) is 0 Å². The Bertz CT molecular complexity index is 1930. The maximum Gasteiger partial charge on any atom is 0.274 e. The van der Waals surface area contributed by atoms with Crippen LogP contribution in [0.15, 0.2) is 105 Å². The number of aromatic nitrogens is 4. The van der Waals surface area contributed by atoms with Crippen LogP contribution in [0.1, 0.15) is 11.1 Å². The Morgan fingerprint density at radius 3 is 2.17 bits per heavy atom. The van der Waals surface area contributed by atoms with Gasteiger partial charge in [-0.05, 0) is 82.0 Å². The van der Waals surface area contributed by atoms with Crippen LogP contribution in [0, 0.1) is 5.82 Å². The molecule has 0 bridgehead atoms. The zero-order valence-electron chi connectivity index (χ0n) is 20.8. The molecule has 6 nitrogen and oxygen atoms in total. The van der Waals surface area contributed by atoms with Gasteiger partial charge in [-0.1, -0.05) is 35.9 Å². The van der Waals surface area contributed by atoms with Crippen molar-refractivity contribution in [3.05, 3.63) is 138 Å². The van der Waals surface area contributed by atoms with Crippen LogP contribution in [0.25, 0.3) is 32.3 Å². The molecule has 0 N–H and O–H groups in total. The maximum atomic E-state index is 13.9. The van der Waals surface area contributed by atoms with Gasteiger partial charge in [0, 0.05) is 11.1 Å².